The molecule has 2 aromatic rings. The monoisotopic (exact) mass is 293 g/mol. The third-order valence-electron chi connectivity index (χ3n) is 2.44. The molecule has 1 aromatic heterocycles. The van der Waals surface area contributed by atoms with Crippen LogP contribution in [0.25, 0.3) is 0 Å². The van der Waals surface area contributed by atoms with E-state index >= 15 is 0 Å². The fourth-order valence-corrected chi connectivity index (χ4v) is 1.81. The van der Waals surface area contributed by atoms with Crippen LogP contribution in [0.5, 0.6) is 17.4 Å². The zero-order valence-corrected chi connectivity index (χ0v) is 11.4. The topological polar surface area (TPSA) is 68.7 Å². The van der Waals surface area contributed by atoms with Crippen LogP contribution in [0.3, 0.4) is 0 Å². The molecule has 104 valence electrons. The lowest BCUT2D eigenvalue weighted by Gasteiger charge is -2.11. The second-order valence-electron chi connectivity index (χ2n) is 3.76. The SMILES string of the molecule is CCOc1ccccc1Oc1nccc(C(=O)O)c1Cl. The average Bonchev–Trinajstić information content (AvgIpc) is 2.43. The van der Waals surface area contributed by atoms with E-state index in [1.165, 1.54) is 12.3 Å². The molecule has 0 aliphatic carbocycles. The Morgan fingerprint density at radius 2 is 2.00 bits per heavy atom. The minimum Gasteiger partial charge on any atom is -0.490 e. The lowest BCUT2D eigenvalue weighted by atomic mass is 10.2. The van der Waals surface area contributed by atoms with Crippen molar-refractivity contribution in [3.63, 3.8) is 0 Å². The Hall–Kier alpha value is -2.27. The van der Waals surface area contributed by atoms with Crippen molar-refractivity contribution in [2.45, 2.75) is 6.92 Å². The maximum Gasteiger partial charge on any atom is 0.337 e. The van der Waals surface area contributed by atoms with Crippen molar-refractivity contribution >= 4 is 17.6 Å². The summed E-state index contributed by atoms with van der Waals surface area (Å²) in [5.41, 5.74) is -0.0643. The lowest BCUT2D eigenvalue weighted by Crippen LogP contribution is -2.01. The van der Waals surface area contributed by atoms with Gasteiger partial charge in [0, 0.05) is 6.20 Å². The van der Waals surface area contributed by atoms with Crippen LogP contribution in [0.4, 0.5) is 0 Å². The third kappa shape index (κ3) is 3.00. The van der Waals surface area contributed by atoms with E-state index in [4.69, 9.17) is 26.2 Å². The molecule has 1 N–H and O–H groups in total. The van der Waals surface area contributed by atoms with Gasteiger partial charge in [0.05, 0.1) is 12.2 Å². The van der Waals surface area contributed by atoms with Gasteiger partial charge in [-0.25, -0.2) is 9.78 Å². The number of para-hydroxylation sites is 2. The predicted octanol–water partition coefficient (Wildman–Crippen LogP) is 3.62. The number of hydrogen-bond donors (Lipinski definition) is 1. The summed E-state index contributed by atoms with van der Waals surface area (Å²) in [6.07, 6.45) is 1.33. The Bertz CT molecular complexity index is 630. The zero-order valence-electron chi connectivity index (χ0n) is 10.7. The van der Waals surface area contributed by atoms with E-state index < -0.39 is 5.97 Å². The Morgan fingerprint density at radius 1 is 1.30 bits per heavy atom. The molecule has 6 heteroatoms. The number of aromatic carboxylic acids is 1. The number of carboxylic acids is 1. The first-order valence-corrected chi connectivity index (χ1v) is 6.28. The van der Waals surface area contributed by atoms with E-state index in [1.807, 2.05) is 6.92 Å². The van der Waals surface area contributed by atoms with Gasteiger partial charge in [-0.3, -0.25) is 0 Å². The summed E-state index contributed by atoms with van der Waals surface area (Å²) in [5, 5.41) is 8.95. The van der Waals surface area contributed by atoms with E-state index in [0.29, 0.717) is 18.1 Å². The second-order valence-corrected chi connectivity index (χ2v) is 4.14. The molecule has 0 aliphatic rings. The molecule has 0 unspecified atom stereocenters. The van der Waals surface area contributed by atoms with Gasteiger partial charge in [0.2, 0.25) is 5.88 Å². The first-order chi connectivity index (χ1) is 9.63. The molecule has 2 rings (SSSR count). The number of pyridine rings is 1. The van der Waals surface area contributed by atoms with Crippen LogP contribution in [-0.4, -0.2) is 22.7 Å². The van der Waals surface area contributed by atoms with Gasteiger partial charge in [-0.05, 0) is 25.1 Å². The molecule has 0 fully saturated rings. The quantitative estimate of drug-likeness (QED) is 0.911. The van der Waals surface area contributed by atoms with Crippen molar-refractivity contribution in [1.29, 1.82) is 0 Å². The van der Waals surface area contributed by atoms with Gasteiger partial charge in [0.15, 0.2) is 11.5 Å². The van der Waals surface area contributed by atoms with Crippen LogP contribution in [0.1, 0.15) is 17.3 Å². The zero-order chi connectivity index (χ0) is 14.5. The summed E-state index contributed by atoms with van der Waals surface area (Å²) in [4.78, 5) is 14.9. The molecule has 5 nitrogen and oxygen atoms in total. The molecule has 0 amide bonds. The van der Waals surface area contributed by atoms with E-state index in [9.17, 15) is 4.79 Å². The minimum absolute atomic E-state index is 0.0266. The molecule has 0 saturated heterocycles. The van der Waals surface area contributed by atoms with E-state index in [0.717, 1.165) is 0 Å². The minimum atomic E-state index is -1.14. The van der Waals surface area contributed by atoms with Gasteiger partial charge in [-0.15, -0.1) is 0 Å². The summed E-state index contributed by atoms with van der Waals surface area (Å²) in [7, 11) is 0. The highest BCUT2D eigenvalue weighted by Crippen LogP contribution is 2.34. The highest BCUT2D eigenvalue weighted by atomic mass is 35.5. The molecular weight excluding hydrogens is 282 g/mol. The second kappa shape index (κ2) is 6.25. The normalized spacial score (nSPS) is 10.1. The molecule has 0 bridgehead atoms. The van der Waals surface area contributed by atoms with Gasteiger partial charge in [0.1, 0.15) is 5.02 Å². The molecule has 0 saturated carbocycles. The van der Waals surface area contributed by atoms with Crippen molar-refractivity contribution < 1.29 is 19.4 Å². The molecule has 20 heavy (non-hydrogen) atoms. The van der Waals surface area contributed by atoms with Crippen LogP contribution >= 0.6 is 11.6 Å². The predicted molar refractivity (Wildman–Crippen MR) is 73.9 cm³/mol. The molecular formula is C14H12ClNO4. The third-order valence-corrected chi connectivity index (χ3v) is 2.81. The number of halogens is 1. The summed E-state index contributed by atoms with van der Waals surface area (Å²) >= 11 is 5.97. The number of aromatic nitrogens is 1. The van der Waals surface area contributed by atoms with Crippen LogP contribution in [0.2, 0.25) is 5.02 Å². The van der Waals surface area contributed by atoms with E-state index in [2.05, 4.69) is 4.98 Å². The van der Waals surface area contributed by atoms with Gasteiger partial charge < -0.3 is 14.6 Å². The number of hydrogen-bond acceptors (Lipinski definition) is 4. The highest BCUT2D eigenvalue weighted by Gasteiger charge is 2.16. The van der Waals surface area contributed by atoms with Crippen molar-refractivity contribution in [2.75, 3.05) is 6.61 Å². The summed E-state index contributed by atoms with van der Waals surface area (Å²) < 4.78 is 11.0. The van der Waals surface area contributed by atoms with Crippen molar-refractivity contribution in [3.05, 3.63) is 47.1 Å². The van der Waals surface area contributed by atoms with Gasteiger partial charge >= 0.3 is 5.97 Å². The van der Waals surface area contributed by atoms with Crippen LogP contribution in [0, 0.1) is 0 Å². The van der Waals surface area contributed by atoms with Crippen LogP contribution < -0.4 is 9.47 Å². The lowest BCUT2D eigenvalue weighted by molar-refractivity contribution is 0.0696. The van der Waals surface area contributed by atoms with Crippen molar-refractivity contribution in [1.82, 2.24) is 4.98 Å². The van der Waals surface area contributed by atoms with Crippen molar-refractivity contribution in [3.8, 4) is 17.4 Å². The number of nitrogens with zero attached hydrogens (tertiary/aromatic N) is 1. The number of rotatable bonds is 5. The van der Waals surface area contributed by atoms with Crippen LogP contribution in [0.15, 0.2) is 36.5 Å². The van der Waals surface area contributed by atoms with Gasteiger partial charge in [0.25, 0.3) is 0 Å². The van der Waals surface area contributed by atoms with Crippen LogP contribution in [-0.2, 0) is 0 Å². The standard InChI is InChI=1S/C14H12ClNO4/c1-2-19-10-5-3-4-6-11(10)20-13-12(15)9(14(17)18)7-8-16-13/h3-8H,2H2,1H3,(H,17,18). The van der Waals surface area contributed by atoms with Crippen molar-refractivity contribution in [2.24, 2.45) is 0 Å². The Balaban J connectivity index is 2.35. The Kier molecular flexibility index (Phi) is 4.42. The molecule has 0 spiro atoms. The van der Waals surface area contributed by atoms with E-state index in [1.54, 1.807) is 24.3 Å². The maximum absolute atomic E-state index is 11.0. The first kappa shape index (κ1) is 14.1. The summed E-state index contributed by atoms with van der Waals surface area (Å²) in [6.45, 7) is 2.34. The number of ether oxygens (including phenoxy) is 2. The number of carbonyl (C=O) groups is 1. The first-order valence-electron chi connectivity index (χ1n) is 5.91. The molecule has 1 aromatic carbocycles. The number of benzene rings is 1. The molecule has 1 heterocycles. The summed E-state index contributed by atoms with van der Waals surface area (Å²) in [5.74, 6) is -0.154. The largest absolute Gasteiger partial charge is 0.490 e. The fourth-order valence-electron chi connectivity index (χ4n) is 1.57. The fraction of sp³-hybridized carbons (Fsp3) is 0.143. The molecule has 0 atom stereocenters. The summed E-state index contributed by atoms with van der Waals surface area (Å²) in [6, 6.07) is 8.32. The Labute approximate surface area is 120 Å². The van der Waals surface area contributed by atoms with Gasteiger partial charge in [-0.2, -0.15) is 0 Å². The maximum atomic E-state index is 11.0. The highest BCUT2D eigenvalue weighted by molar-refractivity contribution is 6.34. The average molecular weight is 294 g/mol. The smallest absolute Gasteiger partial charge is 0.337 e. The van der Waals surface area contributed by atoms with Gasteiger partial charge in [-0.1, -0.05) is 23.7 Å². The van der Waals surface area contributed by atoms with E-state index in [-0.39, 0.29) is 16.5 Å². The Morgan fingerprint density at radius 3 is 2.65 bits per heavy atom. The number of carboxylic acid groups (broad SMARTS) is 1. The molecule has 0 radical (unpaired) electrons. The molecule has 0 aliphatic heterocycles.